The Morgan fingerprint density at radius 3 is 2.57 bits per heavy atom. The van der Waals surface area contributed by atoms with Gasteiger partial charge in [-0.3, -0.25) is 9.69 Å². The van der Waals surface area contributed by atoms with E-state index in [4.69, 9.17) is 4.74 Å². The van der Waals surface area contributed by atoms with Gasteiger partial charge in [0.15, 0.2) is 0 Å². The van der Waals surface area contributed by atoms with Crippen LogP contribution in [0.2, 0.25) is 0 Å². The first kappa shape index (κ1) is 23.4. The molecule has 28 heavy (non-hydrogen) atoms. The molecule has 3 aliphatic rings. The Morgan fingerprint density at radius 1 is 1.14 bits per heavy atom. The average Bonchev–Trinajstić information content (AvgIpc) is 2.99. The Labute approximate surface area is 180 Å². The largest absolute Gasteiger partial charge is 0.374 e. The quantitative estimate of drug-likeness (QED) is 0.729. The maximum atomic E-state index is 12.4. The van der Waals surface area contributed by atoms with Gasteiger partial charge in [0.25, 0.3) is 0 Å². The van der Waals surface area contributed by atoms with Gasteiger partial charge in [0.05, 0.1) is 12.7 Å². The van der Waals surface area contributed by atoms with Crippen LogP contribution < -0.4 is 10.6 Å². The molecule has 2 N–H and O–H groups in total. The Balaban J connectivity index is 0.00000140. The molecule has 158 valence electrons. The number of halogens is 2. The molecule has 0 aromatic heterocycles. The highest BCUT2D eigenvalue weighted by molar-refractivity contribution is 5.85. The number of rotatable bonds is 6. The van der Waals surface area contributed by atoms with Crippen molar-refractivity contribution in [3.05, 3.63) is 35.9 Å². The van der Waals surface area contributed by atoms with E-state index >= 15 is 0 Å². The van der Waals surface area contributed by atoms with Crippen molar-refractivity contribution in [3.8, 4) is 0 Å². The van der Waals surface area contributed by atoms with Gasteiger partial charge in [0.2, 0.25) is 5.91 Å². The number of piperidine rings is 1. The van der Waals surface area contributed by atoms with Gasteiger partial charge in [-0.15, -0.1) is 24.8 Å². The fourth-order valence-corrected chi connectivity index (χ4v) is 4.79. The van der Waals surface area contributed by atoms with Crippen molar-refractivity contribution in [2.45, 2.75) is 56.8 Å². The summed E-state index contributed by atoms with van der Waals surface area (Å²) in [6, 6.07) is 11.9. The molecule has 1 aromatic carbocycles. The van der Waals surface area contributed by atoms with Crippen LogP contribution in [0.4, 0.5) is 0 Å². The third kappa shape index (κ3) is 6.60. The molecular weight excluding hydrogens is 397 g/mol. The molecular formula is C21H33Cl2N3O2. The summed E-state index contributed by atoms with van der Waals surface area (Å²) in [6.07, 6.45) is 5.67. The Kier molecular flexibility index (Phi) is 9.51. The van der Waals surface area contributed by atoms with Crippen LogP contribution in [0.3, 0.4) is 0 Å². The lowest BCUT2D eigenvalue weighted by atomic mass is 9.89. The van der Waals surface area contributed by atoms with Gasteiger partial charge in [0.1, 0.15) is 0 Å². The van der Waals surface area contributed by atoms with E-state index < -0.39 is 0 Å². The minimum atomic E-state index is 0. The van der Waals surface area contributed by atoms with E-state index in [0.717, 1.165) is 39.1 Å². The van der Waals surface area contributed by atoms with Crippen molar-refractivity contribution in [2.75, 3.05) is 26.2 Å². The molecule has 3 fully saturated rings. The Bertz CT molecular complexity index is 593. The zero-order valence-corrected chi connectivity index (χ0v) is 18.0. The van der Waals surface area contributed by atoms with Crippen molar-refractivity contribution in [3.63, 3.8) is 0 Å². The van der Waals surface area contributed by atoms with Gasteiger partial charge in [0, 0.05) is 44.7 Å². The topological polar surface area (TPSA) is 53.6 Å². The van der Waals surface area contributed by atoms with Crippen molar-refractivity contribution in [2.24, 2.45) is 5.92 Å². The molecule has 3 saturated heterocycles. The highest BCUT2D eigenvalue weighted by Gasteiger charge is 2.34. The lowest BCUT2D eigenvalue weighted by Gasteiger charge is -2.33. The third-order valence-corrected chi connectivity index (χ3v) is 6.04. The van der Waals surface area contributed by atoms with E-state index in [2.05, 4.69) is 45.9 Å². The molecule has 1 aromatic rings. The number of hydrogen-bond donors (Lipinski definition) is 2. The first-order chi connectivity index (χ1) is 12.7. The molecule has 4 rings (SSSR count). The van der Waals surface area contributed by atoms with Gasteiger partial charge in [-0.25, -0.2) is 0 Å². The van der Waals surface area contributed by atoms with Crippen molar-refractivity contribution in [1.82, 2.24) is 15.5 Å². The van der Waals surface area contributed by atoms with Crippen molar-refractivity contribution in [1.29, 1.82) is 0 Å². The molecule has 3 aliphatic heterocycles. The van der Waals surface area contributed by atoms with Gasteiger partial charge in [-0.05, 0) is 37.2 Å². The maximum absolute atomic E-state index is 12.4. The van der Waals surface area contributed by atoms with E-state index in [9.17, 15) is 4.79 Å². The number of nitrogens with zero attached hydrogens (tertiary/aromatic N) is 1. The molecule has 0 aliphatic carbocycles. The second-order valence-electron chi connectivity index (χ2n) is 8.20. The first-order valence-electron chi connectivity index (χ1n) is 10.2. The fraction of sp³-hybridized carbons (Fsp3) is 0.667. The number of hydrogen-bond acceptors (Lipinski definition) is 4. The molecule has 7 heteroatoms. The van der Waals surface area contributed by atoms with Crippen LogP contribution in [0.25, 0.3) is 0 Å². The smallest absolute Gasteiger partial charge is 0.220 e. The molecule has 5 nitrogen and oxygen atoms in total. The molecule has 0 saturated carbocycles. The molecule has 3 heterocycles. The summed E-state index contributed by atoms with van der Waals surface area (Å²) < 4.78 is 5.86. The van der Waals surface area contributed by atoms with Crippen LogP contribution >= 0.6 is 24.8 Å². The summed E-state index contributed by atoms with van der Waals surface area (Å²) in [6.45, 7) is 4.16. The summed E-state index contributed by atoms with van der Waals surface area (Å²) in [5.74, 6) is 0.746. The van der Waals surface area contributed by atoms with Crippen LogP contribution in [-0.2, 0) is 16.1 Å². The van der Waals surface area contributed by atoms with E-state index in [1.54, 1.807) is 0 Å². The summed E-state index contributed by atoms with van der Waals surface area (Å²) in [5.41, 5.74) is 1.33. The number of ether oxygens (including phenoxy) is 1. The van der Waals surface area contributed by atoms with Gasteiger partial charge >= 0.3 is 0 Å². The molecule has 3 unspecified atom stereocenters. The summed E-state index contributed by atoms with van der Waals surface area (Å²) in [4.78, 5) is 14.8. The Hall–Kier alpha value is -0.850. The minimum absolute atomic E-state index is 0. The first-order valence-corrected chi connectivity index (χ1v) is 10.2. The van der Waals surface area contributed by atoms with E-state index in [-0.39, 0.29) is 36.8 Å². The van der Waals surface area contributed by atoms with Crippen LogP contribution in [-0.4, -0.2) is 55.2 Å². The van der Waals surface area contributed by atoms with Crippen LogP contribution in [0.1, 0.15) is 37.7 Å². The van der Waals surface area contributed by atoms with Gasteiger partial charge in [-0.1, -0.05) is 30.3 Å². The number of morpholine rings is 1. The SMILES string of the molecule is Cl.Cl.O=C(CC1CC2CCC(C1)N2)NCC1CN(Cc2ccccc2)CCO1. The lowest BCUT2D eigenvalue weighted by Crippen LogP contribution is -2.47. The number of benzene rings is 1. The predicted molar refractivity (Wildman–Crippen MR) is 116 cm³/mol. The van der Waals surface area contributed by atoms with Crippen LogP contribution in [0.5, 0.6) is 0 Å². The number of carbonyl (C=O) groups is 1. The molecule has 2 bridgehead atoms. The second-order valence-corrected chi connectivity index (χ2v) is 8.20. The third-order valence-electron chi connectivity index (χ3n) is 6.04. The lowest BCUT2D eigenvalue weighted by molar-refractivity contribution is -0.123. The molecule has 0 radical (unpaired) electrons. The number of amides is 1. The zero-order chi connectivity index (χ0) is 17.8. The second kappa shape index (κ2) is 11.4. The van der Waals surface area contributed by atoms with Gasteiger partial charge < -0.3 is 15.4 Å². The molecule has 3 atom stereocenters. The van der Waals surface area contributed by atoms with E-state index in [1.165, 1.54) is 18.4 Å². The van der Waals surface area contributed by atoms with Crippen molar-refractivity contribution < 1.29 is 9.53 Å². The number of nitrogens with one attached hydrogen (secondary N) is 2. The highest BCUT2D eigenvalue weighted by atomic mass is 35.5. The van der Waals surface area contributed by atoms with E-state index in [0.29, 0.717) is 31.0 Å². The Morgan fingerprint density at radius 2 is 1.86 bits per heavy atom. The molecule has 0 spiro atoms. The predicted octanol–water partition coefficient (Wildman–Crippen LogP) is 2.77. The zero-order valence-electron chi connectivity index (χ0n) is 16.3. The van der Waals surface area contributed by atoms with Crippen LogP contribution in [0, 0.1) is 5.92 Å². The van der Waals surface area contributed by atoms with Crippen LogP contribution in [0.15, 0.2) is 30.3 Å². The minimum Gasteiger partial charge on any atom is -0.374 e. The monoisotopic (exact) mass is 429 g/mol. The molecule has 1 amide bonds. The fourth-order valence-electron chi connectivity index (χ4n) is 4.79. The normalized spacial score (nSPS) is 29.4. The van der Waals surface area contributed by atoms with Crippen molar-refractivity contribution >= 4 is 30.7 Å². The van der Waals surface area contributed by atoms with Gasteiger partial charge in [-0.2, -0.15) is 0 Å². The number of fused-ring (bicyclic) bond motifs is 2. The maximum Gasteiger partial charge on any atom is 0.220 e. The standard InChI is InChI=1S/C21H31N3O2.2ClH/c25-21(12-17-10-18-6-7-19(11-17)23-18)22-13-20-15-24(8-9-26-20)14-16-4-2-1-3-5-16;;/h1-5,17-20,23H,6-15H2,(H,22,25);2*1H. The number of carbonyl (C=O) groups excluding carboxylic acids is 1. The van der Waals surface area contributed by atoms with E-state index in [1.807, 2.05) is 0 Å². The highest BCUT2D eigenvalue weighted by Crippen LogP contribution is 2.32. The summed E-state index contributed by atoms with van der Waals surface area (Å²) >= 11 is 0. The summed E-state index contributed by atoms with van der Waals surface area (Å²) in [5, 5.41) is 6.77. The summed E-state index contributed by atoms with van der Waals surface area (Å²) in [7, 11) is 0. The average molecular weight is 430 g/mol.